The molecular formula is C12H10FNO2. The van der Waals surface area contributed by atoms with Crippen LogP contribution >= 0.6 is 0 Å². The first-order valence-corrected chi connectivity index (χ1v) is 4.79. The Bertz CT molecular complexity index is 533. The van der Waals surface area contributed by atoms with Crippen molar-refractivity contribution in [3.63, 3.8) is 0 Å². The third-order valence-corrected chi connectivity index (χ3v) is 2.28. The zero-order chi connectivity index (χ0) is 11.5. The topological polar surface area (TPSA) is 53.1 Å². The predicted octanol–water partition coefficient (Wildman–Crippen LogP) is 1.60. The maximum absolute atomic E-state index is 12.7. The number of aromatic amines is 1. The second-order valence-electron chi connectivity index (χ2n) is 3.43. The highest BCUT2D eigenvalue weighted by Crippen LogP contribution is 2.18. The minimum atomic E-state index is -0.950. The van der Waals surface area contributed by atoms with Crippen molar-refractivity contribution >= 4 is 0 Å². The quantitative estimate of drug-likeness (QED) is 0.806. The zero-order valence-electron chi connectivity index (χ0n) is 8.35. The Kier molecular flexibility index (Phi) is 2.83. The number of hydrogen-bond donors (Lipinski definition) is 2. The summed E-state index contributed by atoms with van der Waals surface area (Å²) in [5, 5.41) is 9.91. The maximum Gasteiger partial charge on any atom is 0.181 e. The molecule has 1 unspecified atom stereocenters. The summed E-state index contributed by atoms with van der Waals surface area (Å²) >= 11 is 0. The lowest BCUT2D eigenvalue weighted by atomic mass is 10.1. The number of hydrogen-bond acceptors (Lipinski definition) is 2. The van der Waals surface area contributed by atoms with E-state index in [2.05, 4.69) is 4.98 Å². The molecule has 2 rings (SSSR count). The number of H-pyrrole nitrogens is 1. The normalized spacial score (nSPS) is 12.4. The SMILES string of the molecule is O=c1cc[nH]c(C(O)c2ccc(F)cc2)c1. The largest absolute Gasteiger partial charge is 0.382 e. The smallest absolute Gasteiger partial charge is 0.181 e. The number of aliphatic hydroxyl groups excluding tert-OH is 1. The van der Waals surface area contributed by atoms with E-state index in [1.54, 1.807) is 0 Å². The number of rotatable bonds is 2. The Hall–Kier alpha value is -1.94. The molecule has 3 nitrogen and oxygen atoms in total. The molecule has 2 aromatic rings. The Morgan fingerprint density at radius 2 is 1.88 bits per heavy atom. The minimum absolute atomic E-state index is 0.185. The molecule has 0 radical (unpaired) electrons. The molecular weight excluding hydrogens is 209 g/mol. The second-order valence-corrected chi connectivity index (χ2v) is 3.43. The predicted molar refractivity (Wildman–Crippen MR) is 57.5 cm³/mol. The number of nitrogens with one attached hydrogen (secondary N) is 1. The van der Waals surface area contributed by atoms with Gasteiger partial charge >= 0.3 is 0 Å². The minimum Gasteiger partial charge on any atom is -0.382 e. The van der Waals surface area contributed by atoms with Crippen molar-refractivity contribution in [2.24, 2.45) is 0 Å². The van der Waals surface area contributed by atoms with Crippen molar-refractivity contribution < 1.29 is 9.50 Å². The molecule has 1 heterocycles. The van der Waals surface area contributed by atoms with Gasteiger partial charge in [0.2, 0.25) is 0 Å². The first-order valence-electron chi connectivity index (χ1n) is 4.79. The van der Waals surface area contributed by atoms with Crippen LogP contribution in [-0.2, 0) is 0 Å². The number of benzene rings is 1. The molecule has 0 aliphatic carbocycles. The van der Waals surface area contributed by atoms with E-state index in [1.165, 1.54) is 42.6 Å². The van der Waals surface area contributed by atoms with E-state index in [4.69, 9.17) is 0 Å². The van der Waals surface area contributed by atoms with Crippen LogP contribution in [0.3, 0.4) is 0 Å². The first-order chi connectivity index (χ1) is 7.66. The van der Waals surface area contributed by atoms with Gasteiger partial charge in [0, 0.05) is 18.3 Å². The maximum atomic E-state index is 12.7. The van der Waals surface area contributed by atoms with Gasteiger partial charge in [-0.05, 0) is 17.7 Å². The number of aliphatic hydroxyl groups is 1. The second kappa shape index (κ2) is 4.28. The van der Waals surface area contributed by atoms with Crippen LogP contribution in [0.5, 0.6) is 0 Å². The van der Waals surface area contributed by atoms with Gasteiger partial charge < -0.3 is 10.1 Å². The van der Waals surface area contributed by atoms with Crippen LogP contribution in [0.1, 0.15) is 17.4 Å². The molecule has 0 spiro atoms. The summed E-state index contributed by atoms with van der Waals surface area (Å²) in [7, 11) is 0. The highest BCUT2D eigenvalue weighted by Gasteiger charge is 2.10. The highest BCUT2D eigenvalue weighted by molar-refractivity contribution is 5.25. The molecule has 1 atom stereocenters. The van der Waals surface area contributed by atoms with Gasteiger partial charge in [-0.15, -0.1) is 0 Å². The molecule has 0 saturated carbocycles. The van der Waals surface area contributed by atoms with Gasteiger partial charge in [0.05, 0.1) is 5.69 Å². The fraction of sp³-hybridized carbons (Fsp3) is 0.0833. The van der Waals surface area contributed by atoms with Crippen LogP contribution in [-0.4, -0.2) is 10.1 Å². The Labute approximate surface area is 91.2 Å². The molecule has 82 valence electrons. The Balaban J connectivity index is 2.35. The number of aromatic nitrogens is 1. The van der Waals surface area contributed by atoms with Gasteiger partial charge in [-0.3, -0.25) is 4.79 Å². The van der Waals surface area contributed by atoms with Crippen molar-refractivity contribution in [1.82, 2.24) is 4.98 Å². The summed E-state index contributed by atoms with van der Waals surface area (Å²) in [5.41, 5.74) is 0.734. The molecule has 0 amide bonds. The van der Waals surface area contributed by atoms with Crippen LogP contribution in [0.4, 0.5) is 4.39 Å². The van der Waals surface area contributed by atoms with Crippen molar-refractivity contribution in [2.75, 3.05) is 0 Å². The fourth-order valence-corrected chi connectivity index (χ4v) is 1.45. The lowest BCUT2D eigenvalue weighted by Crippen LogP contribution is -2.07. The Morgan fingerprint density at radius 3 is 2.50 bits per heavy atom. The Morgan fingerprint density at radius 1 is 1.19 bits per heavy atom. The number of halogens is 1. The van der Waals surface area contributed by atoms with Crippen LogP contribution in [0.25, 0.3) is 0 Å². The van der Waals surface area contributed by atoms with Gasteiger partial charge in [0.25, 0.3) is 0 Å². The molecule has 1 aromatic carbocycles. The van der Waals surface area contributed by atoms with E-state index in [9.17, 15) is 14.3 Å². The summed E-state index contributed by atoms with van der Waals surface area (Å²) in [5.74, 6) is -0.363. The number of pyridine rings is 1. The summed E-state index contributed by atoms with van der Waals surface area (Å²) < 4.78 is 12.7. The van der Waals surface area contributed by atoms with Gasteiger partial charge in [0.1, 0.15) is 11.9 Å². The zero-order valence-corrected chi connectivity index (χ0v) is 8.35. The van der Waals surface area contributed by atoms with Crippen LogP contribution in [0.2, 0.25) is 0 Å². The summed E-state index contributed by atoms with van der Waals surface area (Å²) in [6.07, 6.45) is 0.513. The average molecular weight is 219 g/mol. The van der Waals surface area contributed by atoms with Gasteiger partial charge in [0.15, 0.2) is 5.43 Å². The van der Waals surface area contributed by atoms with Crippen molar-refractivity contribution in [2.45, 2.75) is 6.10 Å². The van der Waals surface area contributed by atoms with E-state index in [0.29, 0.717) is 11.3 Å². The van der Waals surface area contributed by atoms with E-state index in [1.807, 2.05) is 0 Å². The lowest BCUT2D eigenvalue weighted by molar-refractivity contribution is 0.215. The summed E-state index contributed by atoms with van der Waals surface area (Å²) in [6.45, 7) is 0. The van der Waals surface area contributed by atoms with Crippen LogP contribution in [0, 0.1) is 5.82 Å². The molecule has 0 fully saturated rings. The van der Waals surface area contributed by atoms with E-state index in [-0.39, 0.29) is 11.2 Å². The molecule has 0 saturated heterocycles. The van der Waals surface area contributed by atoms with Crippen molar-refractivity contribution in [3.8, 4) is 0 Å². The molecule has 0 aliphatic rings. The first kappa shape index (κ1) is 10.6. The van der Waals surface area contributed by atoms with E-state index < -0.39 is 6.10 Å². The standard InChI is InChI=1S/C12H10FNO2/c13-9-3-1-8(2-4-9)12(16)11-7-10(15)5-6-14-11/h1-7,12,16H,(H,14,15). The van der Waals surface area contributed by atoms with Gasteiger partial charge in [-0.2, -0.15) is 0 Å². The summed E-state index contributed by atoms with van der Waals surface area (Å²) in [6, 6.07) is 8.16. The molecule has 16 heavy (non-hydrogen) atoms. The fourth-order valence-electron chi connectivity index (χ4n) is 1.45. The molecule has 2 N–H and O–H groups in total. The molecule has 1 aromatic heterocycles. The molecule has 0 bridgehead atoms. The van der Waals surface area contributed by atoms with Crippen molar-refractivity contribution in [3.05, 3.63) is 69.9 Å². The highest BCUT2D eigenvalue weighted by atomic mass is 19.1. The third-order valence-electron chi connectivity index (χ3n) is 2.28. The summed E-state index contributed by atoms with van der Waals surface area (Å²) in [4.78, 5) is 13.9. The van der Waals surface area contributed by atoms with Gasteiger partial charge in [-0.1, -0.05) is 12.1 Å². The van der Waals surface area contributed by atoms with E-state index >= 15 is 0 Å². The third kappa shape index (κ3) is 2.17. The van der Waals surface area contributed by atoms with Crippen molar-refractivity contribution in [1.29, 1.82) is 0 Å². The van der Waals surface area contributed by atoms with Crippen LogP contribution < -0.4 is 5.43 Å². The molecule has 0 aliphatic heterocycles. The van der Waals surface area contributed by atoms with Crippen LogP contribution in [0.15, 0.2) is 47.4 Å². The lowest BCUT2D eigenvalue weighted by Gasteiger charge is -2.10. The van der Waals surface area contributed by atoms with E-state index in [0.717, 1.165) is 0 Å². The van der Waals surface area contributed by atoms with Gasteiger partial charge in [-0.25, -0.2) is 4.39 Å². The monoisotopic (exact) mass is 219 g/mol. The molecule has 4 heteroatoms. The average Bonchev–Trinajstić information content (AvgIpc) is 2.29.